The molecule has 0 bridgehead atoms. The largest absolute Gasteiger partial charge is 0.467 e. The fourth-order valence-corrected chi connectivity index (χ4v) is 4.23. The van der Waals surface area contributed by atoms with Crippen LogP contribution >= 0.6 is 23.1 Å². The van der Waals surface area contributed by atoms with Gasteiger partial charge in [0.2, 0.25) is 5.91 Å². The Labute approximate surface area is 192 Å². The van der Waals surface area contributed by atoms with Gasteiger partial charge in [-0.1, -0.05) is 11.8 Å². The van der Waals surface area contributed by atoms with E-state index in [2.05, 4.69) is 15.5 Å². The van der Waals surface area contributed by atoms with Gasteiger partial charge in [-0.2, -0.15) is 0 Å². The van der Waals surface area contributed by atoms with Crippen molar-refractivity contribution in [3.8, 4) is 0 Å². The number of furan rings is 1. The predicted molar refractivity (Wildman–Crippen MR) is 118 cm³/mol. The van der Waals surface area contributed by atoms with Crippen LogP contribution in [0.15, 0.2) is 39.4 Å². The molecule has 1 amide bonds. The molecule has 3 aromatic heterocycles. The van der Waals surface area contributed by atoms with Crippen LogP contribution in [-0.4, -0.2) is 51.6 Å². The van der Waals surface area contributed by atoms with Crippen LogP contribution in [-0.2, 0) is 32.0 Å². The van der Waals surface area contributed by atoms with Crippen LogP contribution in [0.2, 0.25) is 0 Å². The van der Waals surface area contributed by atoms with Gasteiger partial charge in [0.15, 0.2) is 5.16 Å². The fraction of sp³-hybridized carbons (Fsp3) is 0.350. The van der Waals surface area contributed by atoms with Crippen molar-refractivity contribution in [2.45, 2.75) is 32.0 Å². The Morgan fingerprint density at radius 1 is 1.19 bits per heavy atom. The van der Waals surface area contributed by atoms with E-state index < -0.39 is 11.9 Å². The third-order valence-electron chi connectivity index (χ3n) is 4.04. The van der Waals surface area contributed by atoms with E-state index in [1.165, 1.54) is 11.3 Å². The molecule has 0 aliphatic carbocycles. The first kappa shape index (κ1) is 23.5. The maximum Gasteiger partial charge on any atom is 0.341 e. The second kappa shape index (κ2) is 11.5. The first-order chi connectivity index (χ1) is 15.5. The van der Waals surface area contributed by atoms with Gasteiger partial charge in [0.05, 0.1) is 37.3 Å². The number of thiophene rings is 1. The van der Waals surface area contributed by atoms with Crippen molar-refractivity contribution >= 4 is 45.9 Å². The number of aromatic nitrogens is 3. The minimum absolute atomic E-state index is 0.0237. The fourth-order valence-electron chi connectivity index (χ4n) is 2.68. The van der Waals surface area contributed by atoms with Gasteiger partial charge in [-0.15, -0.1) is 21.5 Å². The highest BCUT2D eigenvalue weighted by atomic mass is 32.2. The van der Waals surface area contributed by atoms with Gasteiger partial charge in [0.1, 0.15) is 23.0 Å². The molecule has 32 heavy (non-hydrogen) atoms. The molecule has 1 N–H and O–H groups in total. The number of nitrogens with zero attached hydrogens (tertiary/aromatic N) is 3. The smallest absolute Gasteiger partial charge is 0.341 e. The van der Waals surface area contributed by atoms with Gasteiger partial charge in [-0.3, -0.25) is 14.2 Å². The number of thioether (sulfide) groups is 1. The van der Waals surface area contributed by atoms with E-state index in [4.69, 9.17) is 13.9 Å². The van der Waals surface area contributed by atoms with E-state index in [1.54, 1.807) is 48.3 Å². The second-order valence-corrected chi connectivity index (χ2v) is 8.13. The number of carbonyl (C=O) groups excluding carboxylic acids is 3. The molecule has 170 valence electrons. The number of carbonyl (C=O) groups is 3. The van der Waals surface area contributed by atoms with E-state index >= 15 is 0 Å². The minimum atomic E-state index is -0.487. The van der Waals surface area contributed by atoms with Crippen molar-refractivity contribution in [3.05, 3.63) is 47.0 Å². The van der Waals surface area contributed by atoms with Crippen LogP contribution in [0.1, 0.15) is 35.8 Å². The first-order valence-electron chi connectivity index (χ1n) is 9.79. The predicted octanol–water partition coefficient (Wildman–Crippen LogP) is 2.99. The molecule has 0 radical (unpaired) electrons. The average Bonchev–Trinajstić information content (AvgIpc) is 3.50. The van der Waals surface area contributed by atoms with E-state index in [0.717, 1.165) is 11.8 Å². The summed E-state index contributed by atoms with van der Waals surface area (Å²) < 4.78 is 17.1. The lowest BCUT2D eigenvalue weighted by molar-refractivity contribution is -0.142. The maximum atomic E-state index is 12.5. The summed E-state index contributed by atoms with van der Waals surface area (Å²) in [6.07, 6.45) is 1.50. The molecule has 0 fully saturated rings. The minimum Gasteiger partial charge on any atom is -0.467 e. The number of amides is 1. The summed E-state index contributed by atoms with van der Waals surface area (Å²) in [5.74, 6) is -0.139. The molecule has 0 atom stereocenters. The average molecular weight is 479 g/mol. The number of hydrogen-bond acceptors (Lipinski definition) is 10. The van der Waals surface area contributed by atoms with E-state index in [-0.39, 0.29) is 31.3 Å². The van der Waals surface area contributed by atoms with Gasteiger partial charge in [-0.05, 0) is 37.4 Å². The summed E-state index contributed by atoms with van der Waals surface area (Å²) in [6.45, 7) is 4.26. The zero-order valence-electron chi connectivity index (χ0n) is 17.5. The molecule has 12 heteroatoms. The lowest BCUT2D eigenvalue weighted by Crippen LogP contribution is -2.17. The van der Waals surface area contributed by atoms with Gasteiger partial charge in [0.25, 0.3) is 0 Å². The van der Waals surface area contributed by atoms with Crippen LogP contribution in [0.3, 0.4) is 0 Å². The summed E-state index contributed by atoms with van der Waals surface area (Å²) >= 11 is 2.39. The number of esters is 2. The molecule has 0 aliphatic rings. The SMILES string of the molecule is CCOC(=O)Cc1nnc(SCC(=O)Nc2sccc2C(=O)OCC)n1Cc1ccco1. The molecule has 3 heterocycles. The molecule has 3 aromatic rings. The number of hydrogen-bond donors (Lipinski definition) is 1. The first-order valence-corrected chi connectivity index (χ1v) is 11.7. The van der Waals surface area contributed by atoms with Crippen LogP contribution < -0.4 is 5.32 Å². The standard InChI is InChI=1S/C20H22N4O6S2/c1-3-28-17(26)10-15-22-23-20(24(15)11-13-6-5-8-30-13)32-12-16(25)21-18-14(7-9-31-18)19(27)29-4-2/h5-9H,3-4,10-12H2,1-2H3,(H,21,25). The van der Waals surface area contributed by atoms with Gasteiger partial charge in [0, 0.05) is 0 Å². The van der Waals surface area contributed by atoms with E-state index in [0.29, 0.717) is 33.9 Å². The molecular weight excluding hydrogens is 456 g/mol. The normalized spacial score (nSPS) is 10.7. The van der Waals surface area contributed by atoms with Gasteiger partial charge >= 0.3 is 11.9 Å². The van der Waals surface area contributed by atoms with Crippen molar-refractivity contribution < 1.29 is 28.3 Å². The Balaban J connectivity index is 1.68. The molecular formula is C20H22N4O6S2. The number of anilines is 1. The lowest BCUT2D eigenvalue weighted by Gasteiger charge is -2.09. The summed E-state index contributed by atoms with van der Waals surface area (Å²) in [5.41, 5.74) is 0.313. The highest BCUT2D eigenvalue weighted by Gasteiger charge is 2.20. The second-order valence-electron chi connectivity index (χ2n) is 6.27. The van der Waals surface area contributed by atoms with Crippen molar-refractivity contribution in [3.63, 3.8) is 0 Å². The Morgan fingerprint density at radius 3 is 2.72 bits per heavy atom. The maximum absolute atomic E-state index is 12.5. The van der Waals surface area contributed by atoms with Crippen molar-refractivity contribution in [1.82, 2.24) is 14.8 Å². The van der Waals surface area contributed by atoms with Crippen molar-refractivity contribution in [2.24, 2.45) is 0 Å². The third-order valence-corrected chi connectivity index (χ3v) is 5.84. The monoisotopic (exact) mass is 478 g/mol. The molecule has 0 saturated heterocycles. The summed E-state index contributed by atoms with van der Waals surface area (Å²) in [4.78, 5) is 36.4. The summed E-state index contributed by atoms with van der Waals surface area (Å²) in [7, 11) is 0. The van der Waals surface area contributed by atoms with Crippen LogP contribution in [0.4, 0.5) is 5.00 Å². The number of rotatable bonds is 11. The molecule has 0 spiro atoms. The molecule has 0 unspecified atom stereocenters. The van der Waals surface area contributed by atoms with E-state index in [1.807, 2.05) is 0 Å². The highest BCUT2D eigenvalue weighted by molar-refractivity contribution is 7.99. The van der Waals surface area contributed by atoms with Gasteiger partial charge in [-0.25, -0.2) is 4.79 Å². The summed E-state index contributed by atoms with van der Waals surface area (Å²) in [6, 6.07) is 5.16. The van der Waals surface area contributed by atoms with Crippen LogP contribution in [0.25, 0.3) is 0 Å². The zero-order chi connectivity index (χ0) is 22.9. The van der Waals surface area contributed by atoms with Crippen LogP contribution in [0.5, 0.6) is 0 Å². The highest BCUT2D eigenvalue weighted by Crippen LogP contribution is 2.25. The zero-order valence-corrected chi connectivity index (χ0v) is 19.2. The molecule has 0 saturated carbocycles. The Morgan fingerprint density at radius 2 is 2.00 bits per heavy atom. The van der Waals surface area contributed by atoms with Crippen molar-refractivity contribution in [1.29, 1.82) is 0 Å². The number of nitrogens with one attached hydrogen (secondary N) is 1. The molecule has 0 aromatic carbocycles. The Hall–Kier alpha value is -3.12. The topological polar surface area (TPSA) is 126 Å². The third kappa shape index (κ3) is 6.20. The Kier molecular flexibility index (Phi) is 8.45. The van der Waals surface area contributed by atoms with Crippen LogP contribution in [0, 0.1) is 0 Å². The van der Waals surface area contributed by atoms with Gasteiger partial charge < -0.3 is 19.2 Å². The molecule has 10 nitrogen and oxygen atoms in total. The summed E-state index contributed by atoms with van der Waals surface area (Å²) in [5, 5.41) is 13.5. The number of ether oxygens (including phenoxy) is 2. The lowest BCUT2D eigenvalue weighted by atomic mass is 10.3. The van der Waals surface area contributed by atoms with E-state index in [9.17, 15) is 14.4 Å². The van der Waals surface area contributed by atoms with Crippen molar-refractivity contribution in [2.75, 3.05) is 24.3 Å². The molecule has 3 rings (SSSR count). The Bertz CT molecular complexity index is 1060. The molecule has 0 aliphatic heterocycles. The quantitative estimate of drug-likeness (QED) is 0.327.